The van der Waals surface area contributed by atoms with Crippen molar-refractivity contribution in [2.24, 2.45) is 0 Å². The van der Waals surface area contributed by atoms with Crippen molar-refractivity contribution in [2.75, 3.05) is 26.1 Å². The lowest BCUT2D eigenvalue weighted by molar-refractivity contribution is -0.140. The molecule has 1 rings (SSSR count). The van der Waals surface area contributed by atoms with E-state index in [1.165, 1.54) is 7.11 Å². The molecule has 0 heterocycles. The minimum atomic E-state index is -0.248. The second-order valence-corrected chi connectivity index (χ2v) is 3.96. The number of rotatable bonds is 5. The first-order valence-electron chi connectivity index (χ1n) is 5.23. The Balaban J connectivity index is 2.69. The number of hydrogen-bond donors (Lipinski definition) is 1. The molecule has 0 saturated heterocycles. The summed E-state index contributed by atoms with van der Waals surface area (Å²) < 4.78 is 9.76. The highest BCUT2D eigenvalue weighted by Gasteiger charge is 2.07. The first-order valence-corrected chi connectivity index (χ1v) is 5.61. The summed E-state index contributed by atoms with van der Waals surface area (Å²) in [5, 5.41) is 3.77. The van der Waals surface area contributed by atoms with Crippen LogP contribution in [-0.2, 0) is 9.53 Å². The Morgan fingerprint density at radius 2 is 2.12 bits per heavy atom. The van der Waals surface area contributed by atoms with Crippen LogP contribution in [0.2, 0.25) is 5.02 Å². The van der Waals surface area contributed by atoms with Gasteiger partial charge in [-0.15, -0.1) is 0 Å². The zero-order chi connectivity index (χ0) is 12.8. The van der Waals surface area contributed by atoms with Crippen LogP contribution in [0.4, 0.5) is 5.69 Å². The molecule has 0 aliphatic carbocycles. The van der Waals surface area contributed by atoms with Crippen LogP contribution in [0.3, 0.4) is 0 Å². The highest BCUT2D eigenvalue weighted by atomic mass is 35.5. The average Bonchev–Trinajstić information content (AvgIpc) is 2.32. The number of aryl methyl sites for hydroxylation is 1. The summed E-state index contributed by atoms with van der Waals surface area (Å²) in [7, 11) is 2.95. The number of carbonyl (C=O) groups is 1. The minimum absolute atomic E-state index is 0.248. The molecule has 0 unspecified atom stereocenters. The number of halogens is 1. The van der Waals surface area contributed by atoms with Crippen LogP contribution in [0.15, 0.2) is 12.1 Å². The molecular formula is C12H16ClNO3. The van der Waals surface area contributed by atoms with E-state index in [-0.39, 0.29) is 5.97 Å². The fourth-order valence-electron chi connectivity index (χ4n) is 1.37. The largest absolute Gasteiger partial charge is 0.495 e. The van der Waals surface area contributed by atoms with Crippen LogP contribution in [0.25, 0.3) is 0 Å². The van der Waals surface area contributed by atoms with E-state index in [1.807, 2.05) is 13.0 Å². The predicted molar refractivity (Wildman–Crippen MR) is 67.9 cm³/mol. The third-order valence-electron chi connectivity index (χ3n) is 2.35. The van der Waals surface area contributed by atoms with Gasteiger partial charge >= 0.3 is 5.97 Å². The zero-order valence-electron chi connectivity index (χ0n) is 10.2. The lowest BCUT2D eigenvalue weighted by atomic mass is 10.2. The molecule has 0 radical (unpaired) electrons. The number of methoxy groups -OCH3 is 2. The third kappa shape index (κ3) is 3.82. The molecule has 0 spiro atoms. The van der Waals surface area contributed by atoms with Crippen LogP contribution < -0.4 is 10.1 Å². The van der Waals surface area contributed by atoms with E-state index < -0.39 is 0 Å². The zero-order valence-corrected chi connectivity index (χ0v) is 10.9. The molecule has 0 bridgehead atoms. The SMILES string of the molecule is COC(=O)CCNc1cc(C)c(Cl)cc1OC. The Morgan fingerprint density at radius 3 is 2.71 bits per heavy atom. The van der Waals surface area contributed by atoms with E-state index >= 15 is 0 Å². The number of nitrogens with one attached hydrogen (secondary N) is 1. The summed E-state index contributed by atoms with van der Waals surface area (Å²) >= 11 is 5.99. The molecule has 17 heavy (non-hydrogen) atoms. The number of ether oxygens (including phenoxy) is 2. The molecule has 94 valence electrons. The first-order chi connectivity index (χ1) is 8.08. The highest BCUT2D eigenvalue weighted by Crippen LogP contribution is 2.30. The van der Waals surface area contributed by atoms with Crippen LogP contribution in [0, 0.1) is 6.92 Å². The Hall–Kier alpha value is -1.42. The number of anilines is 1. The van der Waals surface area contributed by atoms with Gasteiger partial charge in [-0.2, -0.15) is 0 Å². The molecule has 0 aliphatic heterocycles. The molecular weight excluding hydrogens is 242 g/mol. The van der Waals surface area contributed by atoms with Crippen LogP contribution >= 0.6 is 11.6 Å². The molecule has 5 heteroatoms. The maximum atomic E-state index is 11.0. The van der Waals surface area contributed by atoms with Gasteiger partial charge in [-0.25, -0.2) is 0 Å². The minimum Gasteiger partial charge on any atom is -0.495 e. The smallest absolute Gasteiger partial charge is 0.307 e. The van der Waals surface area contributed by atoms with Crippen molar-refractivity contribution in [1.29, 1.82) is 0 Å². The van der Waals surface area contributed by atoms with E-state index in [2.05, 4.69) is 10.1 Å². The van der Waals surface area contributed by atoms with Crippen molar-refractivity contribution in [2.45, 2.75) is 13.3 Å². The van der Waals surface area contributed by atoms with Gasteiger partial charge in [0.05, 0.1) is 26.3 Å². The van der Waals surface area contributed by atoms with Gasteiger partial charge in [-0.1, -0.05) is 11.6 Å². The molecule has 0 aromatic heterocycles. The summed E-state index contributed by atoms with van der Waals surface area (Å²) in [5.74, 6) is 0.410. The van der Waals surface area contributed by atoms with Crippen LogP contribution in [-0.4, -0.2) is 26.7 Å². The van der Waals surface area contributed by atoms with Crippen molar-refractivity contribution < 1.29 is 14.3 Å². The summed E-state index contributed by atoms with van der Waals surface area (Å²) in [6.07, 6.45) is 0.307. The topological polar surface area (TPSA) is 47.6 Å². The maximum Gasteiger partial charge on any atom is 0.307 e. The lowest BCUT2D eigenvalue weighted by Gasteiger charge is -2.12. The van der Waals surface area contributed by atoms with Gasteiger partial charge in [0.1, 0.15) is 5.75 Å². The van der Waals surface area contributed by atoms with Gasteiger partial charge in [-0.3, -0.25) is 4.79 Å². The molecule has 0 fully saturated rings. The molecule has 4 nitrogen and oxygen atoms in total. The van der Waals surface area contributed by atoms with Crippen molar-refractivity contribution in [3.8, 4) is 5.75 Å². The fourth-order valence-corrected chi connectivity index (χ4v) is 1.53. The summed E-state index contributed by atoms with van der Waals surface area (Å²) in [6, 6.07) is 3.63. The summed E-state index contributed by atoms with van der Waals surface area (Å²) in [4.78, 5) is 11.0. The number of esters is 1. The van der Waals surface area contributed by atoms with Crippen LogP contribution in [0.1, 0.15) is 12.0 Å². The van der Waals surface area contributed by atoms with E-state index in [1.54, 1.807) is 13.2 Å². The van der Waals surface area contributed by atoms with Gasteiger partial charge < -0.3 is 14.8 Å². The quantitative estimate of drug-likeness (QED) is 0.824. The Labute approximate surface area is 106 Å². The molecule has 0 aliphatic rings. The average molecular weight is 258 g/mol. The number of benzene rings is 1. The predicted octanol–water partition coefficient (Wildman–Crippen LogP) is 2.63. The Kier molecular flexibility index (Phi) is 5.10. The van der Waals surface area contributed by atoms with Gasteiger partial charge in [0.2, 0.25) is 0 Å². The van der Waals surface area contributed by atoms with Crippen molar-refractivity contribution in [3.05, 3.63) is 22.7 Å². The van der Waals surface area contributed by atoms with E-state index in [9.17, 15) is 4.79 Å². The molecule has 1 aromatic rings. The molecule has 0 atom stereocenters. The van der Waals surface area contributed by atoms with E-state index in [0.717, 1.165) is 11.3 Å². The second-order valence-electron chi connectivity index (χ2n) is 3.55. The highest BCUT2D eigenvalue weighted by molar-refractivity contribution is 6.31. The monoisotopic (exact) mass is 257 g/mol. The second kappa shape index (κ2) is 6.35. The number of hydrogen-bond acceptors (Lipinski definition) is 4. The standard InChI is InChI=1S/C12H16ClNO3/c1-8-6-10(11(16-2)7-9(8)13)14-5-4-12(15)17-3/h6-7,14H,4-5H2,1-3H3. The van der Waals surface area contributed by atoms with Crippen molar-refractivity contribution >= 4 is 23.3 Å². The summed E-state index contributed by atoms with van der Waals surface area (Å²) in [5.41, 5.74) is 1.77. The fraction of sp³-hybridized carbons (Fsp3) is 0.417. The Morgan fingerprint density at radius 1 is 1.41 bits per heavy atom. The van der Waals surface area contributed by atoms with Gasteiger partial charge in [0.25, 0.3) is 0 Å². The molecule has 0 saturated carbocycles. The third-order valence-corrected chi connectivity index (χ3v) is 2.76. The van der Waals surface area contributed by atoms with E-state index in [0.29, 0.717) is 23.7 Å². The van der Waals surface area contributed by atoms with Crippen molar-refractivity contribution in [1.82, 2.24) is 0 Å². The molecule has 0 amide bonds. The Bertz CT molecular complexity index is 407. The molecule has 1 aromatic carbocycles. The molecule has 1 N–H and O–H groups in total. The maximum absolute atomic E-state index is 11.0. The van der Waals surface area contributed by atoms with Crippen molar-refractivity contribution in [3.63, 3.8) is 0 Å². The van der Waals surface area contributed by atoms with Gasteiger partial charge in [0.15, 0.2) is 0 Å². The van der Waals surface area contributed by atoms with Crippen LogP contribution in [0.5, 0.6) is 5.75 Å². The van der Waals surface area contributed by atoms with Gasteiger partial charge in [-0.05, 0) is 18.6 Å². The van der Waals surface area contributed by atoms with Gasteiger partial charge in [0, 0.05) is 17.6 Å². The number of carbonyl (C=O) groups excluding carboxylic acids is 1. The van der Waals surface area contributed by atoms with E-state index in [4.69, 9.17) is 16.3 Å². The lowest BCUT2D eigenvalue weighted by Crippen LogP contribution is -2.10. The first kappa shape index (κ1) is 13.6. The normalized spacial score (nSPS) is 9.88. The summed E-state index contributed by atoms with van der Waals surface area (Å²) in [6.45, 7) is 2.40.